The normalized spacial score (nSPS) is 11.2. The van der Waals surface area contributed by atoms with E-state index < -0.39 is 5.97 Å². The van der Waals surface area contributed by atoms with Gasteiger partial charge in [0.2, 0.25) is 0 Å². The van der Waals surface area contributed by atoms with Gasteiger partial charge < -0.3 is 15.2 Å². The second-order valence-electron chi connectivity index (χ2n) is 2.99. The molecule has 0 aromatic rings. The molecular formula is C8H18N2O3. The number of nitrogens with zero attached hydrogens (tertiary/aromatic N) is 2. The summed E-state index contributed by atoms with van der Waals surface area (Å²) in [6.45, 7) is 4.36. The van der Waals surface area contributed by atoms with Crippen LogP contribution in [0.2, 0.25) is 0 Å². The van der Waals surface area contributed by atoms with Crippen LogP contribution in [0.4, 0.5) is 0 Å². The van der Waals surface area contributed by atoms with Gasteiger partial charge in [-0.1, -0.05) is 6.92 Å². The van der Waals surface area contributed by atoms with Gasteiger partial charge in [0, 0.05) is 19.6 Å². The first kappa shape index (κ1) is 12.3. The third kappa shape index (κ3) is 7.70. The van der Waals surface area contributed by atoms with Crippen LogP contribution in [0.15, 0.2) is 0 Å². The van der Waals surface area contributed by atoms with Crippen LogP contribution in [0.1, 0.15) is 13.3 Å². The van der Waals surface area contributed by atoms with Gasteiger partial charge in [-0.25, -0.2) is 0 Å². The summed E-state index contributed by atoms with van der Waals surface area (Å²) in [5, 5.41) is 18.6. The van der Waals surface area contributed by atoms with Gasteiger partial charge in [0.15, 0.2) is 0 Å². The van der Waals surface area contributed by atoms with E-state index in [2.05, 4.69) is 0 Å². The van der Waals surface area contributed by atoms with Gasteiger partial charge >= 0.3 is 5.97 Å². The van der Waals surface area contributed by atoms with Gasteiger partial charge in [0.05, 0.1) is 6.42 Å². The topological polar surface area (TPSA) is 64.0 Å². The summed E-state index contributed by atoms with van der Waals surface area (Å²) in [5.74, 6) is -0.886. The van der Waals surface area contributed by atoms with Crippen molar-refractivity contribution in [2.45, 2.75) is 13.3 Å². The van der Waals surface area contributed by atoms with E-state index >= 15 is 0 Å². The van der Waals surface area contributed by atoms with E-state index in [4.69, 9.17) is 5.11 Å². The lowest BCUT2D eigenvalue weighted by Gasteiger charge is -2.18. The molecule has 0 saturated carbocycles. The molecule has 0 radical (unpaired) electrons. The van der Waals surface area contributed by atoms with Gasteiger partial charge in [-0.15, -0.1) is 0 Å². The van der Waals surface area contributed by atoms with Crippen LogP contribution in [-0.2, 0) is 4.79 Å². The Morgan fingerprint density at radius 1 is 1.31 bits per heavy atom. The number of hydrogen-bond donors (Lipinski definition) is 2. The monoisotopic (exact) mass is 190 g/mol. The first-order chi connectivity index (χ1) is 6.06. The first-order valence-electron chi connectivity index (χ1n) is 4.40. The summed E-state index contributed by atoms with van der Waals surface area (Å²) in [7, 11) is 1.95. The summed E-state index contributed by atoms with van der Waals surface area (Å²) in [4.78, 5) is 12.2. The Hall–Kier alpha value is -0.650. The van der Waals surface area contributed by atoms with Crippen LogP contribution in [-0.4, -0.2) is 59.5 Å². The third-order valence-electron chi connectivity index (χ3n) is 1.86. The van der Waals surface area contributed by atoms with E-state index in [0.29, 0.717) is 6.54 Å². The quantitative estimate of drug-likeness (QED) is 0.558. The highest BCUT2D eigenvalue weighted by Gasteiger charge is 2.04. The second-order valence-corrected chi connectivity index (χ2v) is 2.99. The van der Waals surface area contributed by atoms with Crippen LogP contribution < -0.4 is 0 Å². The second kappa shape index (κ2) is 6.82. The van der Waals surface area contributed by atoms with Gasteiger partial charge in [0.1, 0.15) is 0 Å². The van der Waals surface area contributed by atoms with E-state index in [9.17, 15) is 10.0 Å². The number of hydrogen-bond acceptors (Lipinski definition) is 4. The smallest absolute Gasteiger partial charge is 0.304 e. The van der Waals surface area contributed by atoms with Crippen LogP contribution in [0, 0.1) is 0 Å². The number of hydroxylamine groups is 2. The lowest BCUT2D eigenvalue weighted by Crippen LogP contribution is -2.32. The Bertz CT molecular complexity index is 152. The van der Waals surface area contributed by atoms with Crippen molar-refractivity contribution in [2.75, 3.05) is 33.2 Å². The van der Waals surface area contributed by atoms with Crippen molar-refractivity contribution in [3.05, 3.63) is 0 Å². The van der Waals surface area contributed by atoms with Crippen molar-refractivity contribution >= 4 is 5.97 Å². The van der Waals surface area contributed by atoms with Crippen molar-refractivity contribution < 1.29 is 15.1 Å². The molecule has 0 amide bonds. The van der Waals surface area contributed by atoms with Gasteiger partial charge in [-0.05, 0) is 13.6 Å². The van der Waals surface area contributed by atoms with Gasteiger partial charge in [-0.2, -0.15) is 5.06 Å². The molecule has 0 bridgehead atoms. The predicted octanol–water partition coefficient (Wildman–Crippen LogP) is 0.104. The molecule has 0 unspecified atom stereocenters. The predicted molar refractivity (Wildman–Crippen MR) is 48.8 cm³/mol. The minimum Gasteiger partial charge on any atom is -0.481 e. The van der Waals surface area contributed by atoms with Crippen LogP contribution >= 0.6 is 0 Å². The minimum atomic E-state index is -0.886. The maximum atomic E-state index is 10.1. The van der Waals surface area contributed by atoms with Crippen LogP contribution in [0.25, 0.3) is 0 Å². The minimum absolute atomic E-state index is 0.0215. The van der Waals surface area contributed by atoms with Crippen LogP contribution in [0.3, 0.4) is 0 Å². The van der Waals surface area contributed by atoms with Crippen molar-refractivity contribution in [1.29, 1.82) is 0 Å². The fourth-order valence-electron chi connectivity index (χ4n) is 0.781. The maximum Gasteiger partial charge on any atom is 0.304 e. The summed E-state index contributed by atoms with van der Waals surface area (Å²) < 4.78 is 0. The van der Waals surface area contributed by atoms with E-state index in [-0.39, 0.29) is 13.0 Å². The fraction of sp³-hybridized carbons (Fsp3) is 0.875. The molecule has 0 aromatic carbocycles. The number of carboxylic acid groups (broad SMARTS) is 1. The Balaban J connectivity index is 3.39. The number of rotatable bonds is 7. The van der Waals surface area contributed by atoms with E-state index in [1.807, 2.05) is 18.9 Å². The van der Waals surface area contributed by atoms with E-state index in [1.165, 1.54) is 0 Å². The molecule has 0 heterocycles. The van der Waals surface area contributed by atoms with Gasteiger partial charge in [0.25, 0.3) is 0 Å². The summed E-state index contributed by atoms with van der Waals surface area (Å²) in [6, 6.07) is 0. The maximum absolute atomic E-state index is 10.1. The number of likely N-dealkylation sites (N-methyl/N-ethyl adjacent to an activating group) is 1. The van der Waals surface area contributed by atoms with Crippen molar-refractivity contribution in [3.63, 3.8) is 0 Å². The number of carbonyl (C=O) groups is 1. The largest absolute Gasteiger partial charge is 0.481 e. The molecule has 0 aromatic heterocycles. The highest BCUT2D eigenvalue weighted by Crippen LogP contribution is 1.88. The highest BCUT2D eigenvalue weighted by atomic mass is 16.5. The third-order valence-corrected chi connectivity index (χ3v) is 1.86. The Kier molecular flexibility index (Phi) is 6.48. The molecule has 0 spiro atoms. The highest BCUT2D eigenvalue weighted by molar-refractivity contribution is 5.66. The molecule has 2 N–H and O–H groups in total. The Labute approximate surface area is 78.5 Å². The average Bonchev–Trinajstić information content (AvgIpc) is 2.10. The zero-order valence-electron chi connectivity index (χ0n) is 8.23. The molecule has 5 heteroatoms. The van der Waals surface area contributed by atoms with Crippen molar-refractivity contribution in [3.8, 4) is 0 Å². The Morgan fingerprint density at radius 2 is 1.92 bits per heavy atom. The van der Waals surface area contributed by atoms with E-state index in [1.54, 1.807) is 0 Å². The molecule has 13 heavy (non-hydrogen) atoms. The van der Waals surface area contributed by atoms with Crippen molar-refractivity contribution in [1.82, 2.24) is 9.96 Å². The molecule has 0 aliphatic rings. The zero-order valence-corrected chi connectivity index (χ0v) is 8.23. The summed E-state index contributed by atoms with van der Waals surface area (Å²) in [5.41, 5.74) is 0. The van der Waals surface area contributed by atoms with E-state index in [0.717, 1.165) is 18.2 Å². The van der Waals surface area contributed by atoms with Crippen LogP contribution in [0.5, 0.6) is 0 Å². The summed E-state index contributed by atoms with van der Waals surface area (Å²) in [6.07, 6.45) is -0.0215. The molecular weight excluding hydrogens is 172 g/mol. The zero-order chi connectivity index (χ0) is 10.3. The first-order valence-corrected chi connectivity index (χ1v) is 4.40. The van der Waals surface area contributed by atoms with Gasteiger partial charge in [-0.3, -0.25) is 4.79 Å². The Morgan fingerprint density at radius 3 is 2.38 bits per heavy atom. The van der Waals surface area contributed by atoms with Crippen molar-refractivity contribution in [2.24, 2.45) is 0 Å². The number of carboxylic acids is 1. The molecule has 0 aliphatic carbocycles. The molecule has 0 fully saturated rings. The molecule has 78 valence electrons. The average molecular weight is 190 g/mol. The molecule has 5 nitrogen and oxygen atoms in total. The SMILES string of the molecule is CCN(C)CCN(O)CCC(=O)O. The lowest BCUT2D eigenvalue weighted by atomic mass is 10.4. The number of aliphatic carboxylic acids is 1. The lowest BCUT2D eigenvalue weighted by molar-refractivity contribution is -0.142. The molecule has 0 atom stereocenters. The molecule has 0 aliphatic heterocycles. The molecule has 0 rings (SSSR count). The molecule has 0 saturated heterocycles. The summed E-state index contributed by atoms with van der Waals surface area (Å²) >= 11 is 0. The standard InChI is InChI=1S/C8H18N2O3/c1-3-9(2)6-7-10(13)5-4-8(11)12/h13H,3-7H2,1-2H3,(H,11,12). The fourth-order valence-corrected chi connectivity index (χ4v) is 0.781.